The van der Waals surface area contributed by atoms with Gasteiger partial charge in [-0.1, -0.05) is 59.0 Å². The SMILES string of the molecule is Cc1ccc(OCC(=O)N2CCN(c3nnc(SCC(=O)Nc4ccccc4)s3)CC2)cc1. The number of carbonyl (C=O) groups excluding carboxylic acids is 2. The first-order chi connectivity index (χ1) is 16.1. The van der Waals surface area contributed by atoms with Crippen molar-refractivity contribution in [3.05, 3.63) is 60.2 Å². The highest BCUT2D eigenvalue weighted by molar-refractivity contribution is 8.01. The average Bonchev–Trinajstić information content (AvgIpc) is 3.32. The van der Waals surface area contributed by atoms with Crippen molar-refractivity contribution in [3.8, 4) is 5.75 Å². The number of hydrogen-bond acceptors (Lipinski definition) is 8. The van der Waals surface area contributed by atoms with Crippen LogP contribution in [0.5, 0.6) is 5.75 Å². The molecule has 1 aromatic heterocycles. The number of carbonyl (C=O) groups is 2. The zero-order valence-corrected chi connectivity index (χ0v) is 19.9. The Morgan fingerprint density at radius 3 is 2.48 bits per heavy atom. The lowest BCUT2D eigenvalue weighted by molar-refractivity contribution is -0.133. The van der Waals surface area contributed by atoms with E-state index in [1.54, 1.807) is 0 Å². The molecule has 172 valence electrons. The Morgan fingerprint density at radius 1 is 1.03 bits per heavy atom. The van der Waals surface area contributed by atoms with Gasteiger partial charge in [0.1, 0.15) is 5.75 Å². The molecule has 4 rings (SSSR count). The largest absolute Gasteiger partial charge is 0.484 e. The third-order valence-electron chi connectivity index (χ3n) is 5.07. The minimum absolute atomic E-state index is 0.0202. The lowest BCUT2D eigenvalue weighted by Crippen LogP contribution is -2.50. The number of nitrogens with one attached hydrogen (secondary N) is 1. The monoisotopic (exact) mass is 483 g/mol. The molecule has 1 aliphatic heterocycles. The van der Waals surface area contributed by atoms with Gasteiger partial charge in [0.25, 0.3) is 5.91 Å². The van der Waals surface area contributed by atoms with Crippen LogP contribution in [0.3, 0.4) is 0 Å². The van der Waals surface area contributed by atoms with Crippen LogP contribution in [0.1, 0.15) is 5.56 Å². The normalized spacial score (nSPS) is 13.6. The minimum atomic E-state index is -0.0806. The highest BCUT2D eigenvalue weighted by Crippen LogP contribution is 2.28. The summed E-state index contributed by atoms with van der Waals surface area (Å²) < 4.78 is 6.36. The molecule has 1 fully saturated rings. The number of anilines is 2. The zero-order chi connectivity index (χ0) is 23.0. The number of hydrogen-bond donors (Lipinski definition) is 1. The Balaban J connectivity index is 1.19. The van der Waals surface area contributed by atoms with Crippen molar-refractivity contribution in [1.82, 2.24) is 15.1 Å². The number of aromatic nitrogens is 2. The fourth-order valence-electron chi connectivity index (χ4n) is 3.25. The molecule has 0 saturated carbocycles. The second-order valence-corrected chi connectivity index (χ2v) is 9.70. The third kappa shape index (κ3) is 6.69. The fourth-order valence-corrected chi connectivity index (χ4v) is 4.95. The molecule has 1 N–H and O–H groups in total. The first-order valence-corrected chi connectivity index (χ1v) is 12.4. The first kappa shape index (κ1) is 23.1. The summed E-state index contributed by atoms with van der Waals surface area (Å²) in [5, 5.41) is 12.1. The Labute approximate surface area is 201 Å². The van der Waals surface area contributed by atoms with Crippen molar-refractivity contribution in [2.24, 2.45) is 0 Å². The van der Waals surface area contributed by atoms with Gasteiger partial charge in [0.15, 0.2) is 10.9 Å². The summed E-state index contributed by atoms with van der Waals surface area (Å²) in [5.41, 5.74) is 1.93. The Hall–Kier alpha value is -3.11. The van der Waals surface area contributed by atoms with E-state index in [1.807, 2.05) is 66.4 Å². The topological polar surface area (TPSA) is 87.7 Å². The fraction of sp³-hybridized carbons (Fsp3) is 0.304. The van der Waals surface area contributed by atoms with E-state index in [-0.39, 0.29) is 24.2 Å². The van der Waals surface area contributed by atoms with E-state index < -0.39 is 0 Å². The van der Waals surface area contributed by atoms with Gasteiger partial charge in [0.2, 0.25) is 11.0 Å². The van der Waals surface area contributed by atoms with Crippen molar-refractivity contribution in [3.63, 3.8) is 0 Å². The summed E-state index contributed by atoms with van der Waals surface area (Å²) in [4.78, 5) is 28.5. The number of piperazine rings is 1. The van der Waals surface area contributed by atoms with Crippen LogP contribution in [0, 0.1) is 6.92 Å². The lowest BCUT2D eigenvalue weighted by atomic mass is 10.2. The lowest BCUT2D eigenvalue weighted by Gasteiger charge is -2.34. The Kier molecular flexibility index (Phi) is 7.79. The number of benzene rings is 2. The number of para-hydroxylation sites is 1. The number of ether oxygens (including phenoxy) is 1. The van der Waals surface area contributed by atoms with Crippen molar-refractivity contribution < 1.29 is 14.3 Å². The van der Waals surface area contributed by atoms with Gasteiger partial charge in [-0.25, -0.2) is 0 Å². The van der Waals surface area contributed by atoms with Crippen molar-refractivity contribution in [1.29, 1.82) is 0 Å². The molecule has 0 atom stereocenters. The van der Waals surface area contributed by atoms with E-state index in [9.17, 15) is 9.59 Å². The second kappa shape index (κ2) is 11.2. The maximum atomic E-state index is 12.5. The van der Waals surface area contributed by atoms with Crippen molar-refractivity contribution in [2.75, 3.05) is 48.8 Å². The third-order valence-corrected chi connectivity index (χ3v) is 7.18. The number of nitrogens with zero attached hydrogens (tertiary/aromatic N) is 4. The predicted octanol–water partition coefficient (Wildman–Crippen LogP) is 3.30. The molecule has 3 aromatic rings. The smallest absolute Gasteiger partial charge is 0.260 e. The minimum Gasteiger partial charge on any atom is -0.484 e. The van der Waals surface area contributed by atoms with Crippen LogP contribution in [0.25, 0.3) is 0 Å². The molecule has 0 bridgehead atoms. The molecule has 0 spiro atoms. The number of thioether (sulfide) groups is 1. The van der Waals surface area contributed by atoms with E-state index >= 15 is 0 Å². The van der Waals surface area contributed by atoms with E-state index in [0.29, 0.717) is 31.9 Å². The molecule has 1 aliphatic rings. The zero-order valence-electron chi connectivity index (χ0n) is 18.3. The molecular formula is C23H25N5O3S2. The molecule has 1 saturated heterocycles. The molecule has 33 heavy (non-hydrogen) atoms. The van der Waals surface area contributed by atoms with Crippen molar-refractivity contribution in [2.45, 2.75) is 11.3 Å². The molecule has 0 radical (unpaired) electrons. The molecule has 0 aliphatic carbocycles. The van der Waals surface area contributed by atoms with E-state index in [4.69, 9.17) is 4.74 Å². The molecule has 2 aromatic carbocycles. The van der Waals surface area contributed by atoms with Crippen LogP contribution in [0.4, 0.5) is 10.8 Å². The van der Waals surface area contributed by atoms with Gasteiger partial charge >= 0.3 is 0 Å². The van der Waals surface area contributed by atoms with Gasteiger partial charge in [-0.2, -0.15) is 0 Å². The highest BCUT2D eigenvalue weighted by Gasteiger charge is 2.24. The standard InChI is InChI=1S/C23H25N5O3S2/c1-17-7-9-19(10-8-17)31-15-21(30)27-11-13-28(14-12-27)22-25-26-23(33-22)32-16-20(29)24-18-5-3-2-4-6-18/h2-10H,11-16H2,1H3,(H,24,29). The van der Waals surface area contributed by atoms with Crippen LogP contribution >= 0.6 is 23.1 Å². The molecular weight excluding hydrogens is 458 g/mol. The van der Waals surface area contributed by atoms with Gasteiger partial charge < -0.3 is 19.9 Å². The van der Waals surface area contributed by atoms with Crippen molar-refractivity contribution >= 4 is 45.7 Å². The summed E-state index contributed by atoms with van der Waals surface area (Å²) in [6.45, 7) is 4.63. The van der Waals surface area contributed by atoms with Gasteiger partial charge in [-0.05, 0) is 31.2 Å². The van der Waals surface area contributed by atoms with E-state index in [0.717, 1.165) is 20.7 Å². The van der Waals surface area contributed by atoms with E-state index in [1.165, 1.54) is 23.1 Å². The maximum absolute atomic E-state index is 12.5. The van der Waals surface area contributed by atoms with Gasteiger partial charge in [-0.3, -0.25) is 9.59 Å². The Bertz CT molecular complexity index is 1070. The first-order valence-electron chi connectivity index (χ1n) is 10.6. The summed E-state index contributed by atoms with van der Waals surface area (Å²) in [6.07, 6.45) is 0. The summed E-state index contributed by atoms with van der Waals surface area (Å²) in [7, 11) is 0. The molecule has 8 nitrogen and oxygen atoms in total. The van der Waals surface area contributed by atoms with Crippen LogP contribution in [-0.2, 0) is 9.59 Å². The highest BCUT2D eigenvalue weighted by atomic mass is 32.2. The second-order valence-electron chi connectivity index (χ2n) is 7.52. The van der Waals surface area contributed by atoms with E-state index in [2.05, 4.69) is 20.4 Å². The van der Waals surface area contributed by atoms with Gasteiger partial charge in [-0.15, -0.1) is 10.2 Å². The maximum Gasteiger partial charge on any atom is 0.260 e. The van der Waals surface area contributed by atoms with Crippen LogP contribution < -0.4 is 15.0 Å². The van der Waals surface area contributed by atoms with Gasteiger partial charge in [0, 0.05) is 31.9 Å². The Morgan fingerprint density at radius 2 is 1.76 bits per heavy atom. The average molecular weight is 484 g/mol. The van der Waals surface area contributed by atoms with Crippen LogP contribution in [0.2, 0.25) is 0 Å². The summed E-state index contributed by atoms with van der Waals surface area (Å²) in [5.74, 6) is 0.868. The molecule has 2 heterocycles. The molecule has 0 unspecified atom stereocenters. The molecule has 10 heteroatoms. The number of amides is 2. The quantitative estimate of drug-likeness (QED) is 0.492. The number of rotatable bonds is 8. The van der Waals surface area contributed by atoms with Crippen LogP contribution in [-0.4, -0.2) is 65.5 Å². The van der Waals surface area contributed by atoms with Crippen LogP contribution in [0.15, 0.2) is 58.9 Å². The number of aryl methyl sites for hydroxylation is 1. The predicted molar refractivity (Wildman–Crippen MR) is 131 cm³/mol. The summed E-state index contributed by atoms with van der Waals surface area (Å²) in [6, 6.07) is 17.0. The summed E-state index contributed by atoms with van der Waals surface area (Å²) >= 11 is 2.83. The molecule has 2 amide bonds. The van der Waals surface area contributed by atoms with Gasteiger partial charge in [0.05, 0.1) is 5.75 Å².